The summed E-state index contributed by atoms with van der Waals surface area (Å²) in [6.07, 6.45) is 1.24. The van der Waals surface area contributed by atoms with Crippen molar-refractivity contribution in [1.82, 2.24) is 4.98 Å². The Balaban J connectivity index is 2.58. The summed E-state index contributed by atoms with van der Waals surface area (Å²) in [5.41, 5.74) is 0.223. The van der Waals surface area contributed by atoms with Crippen molar-refractivity contribution in [2.45, 2.75) is 12.8 Å². The Morgan fingerprint density at radius 3 is 2.71 bits per heavy atom. The summed E-state index contributed by atoms with van der Waals surface area (Å²) in [6, 6.07) is 4.65. The summed E-state index contributed by atoms with van der Waals surface area (Å²) in [7, 11) is 0. The van der Waals surface area contributed by atoms with E-state index < -0.39 is 12.5 Å². The Labute approximate surface area is 79.9 Å². The quantitative estimate of drug-likeness (QED) is 0.746. The van der Waals surface area contributed by atoms with E-state index in [1.54, 1.807) is 0 Å². The van der Waals surface area contributed by atoms with Crippen LogP contribution in [0.15, 0.2) is 18.3 Å². The van der Waals surface area contributed by atoms with Crippen LogP contribution >= 0.6 is 0 Å². The molecule has 0 N–H and O–H groups in total. The Morgan fingerprint density at radius 2 is 2.29 bits per heavy atom. The molecule has 0 spiro atoms. The molecule has 0 fully saturated rings. The minimum absolute atomic E-state index is 0.223. The highest BCUT2D eigenvalue weighted by molar-refractivity contribution is 5.26. The molecule has 0 atom stereocenters. The van der Waals surface area contributed by atoms with Crippen LogP contribution in [-0.2, 0) is 0 Å². The Kier molecular flexibility index (Phi) is 2.97. The monoisotopic (exact) mass is 198 g/mol. The summed E-state index contributed by atoms with van der Waals surface area (Å²) >= 11 is 0. The van der Waals surface area contributed by atoms with Gasteiger partial charge in [0, 0.05) is 6.92 Å². The van der Waals surface area contributed by atoms with Crippen LogP contribution in [0.3, 0.4) is 0 Å². The van der Waals surface area contributed by atoms with Gasteiger partial charge in [0.05, 0.1) is 6.20 Å². The molecule has 1 heterocycles. The molecular weight excluding hydrogens is 190 g/mol. The zero-order valence-electron chi connectivity index (χ0n) is 7.50. The highest BCUT2D eigenvalue weighted by Gasteiger charge is 2.21. The number of hydrogen-bond donors (Lipinski definition) is 0. The summed E-state index contributed by atoms with van der Waals surface area (Å²) in [5.74, 6) is -2.64. The topological polar surface area (TPSA) is 45.9 Å². The van der Waals surface area contributed by atoms with Gasteiger partial charge < -0.3 is 4.74 Å². The van der Waals surface area contributed by atoms with Crippen LogP contribution in [0, 0.1) is 11.3 Å². The average molecular weight is 198 g/mol. The van der Waals surface area contributed by atoms with Gasteiger partial charge >= 0.3 is 0 Å². The minimum Gasteiger partial charge on any atom is -0.486 e. The fourth-order valence-electron chi connectivity index (χ4n) is 0.742. The van der Waals surface area contributed by atoms with Crippen molar-refractivity contribution < 1.29 is 13.5 Å². The maximum absolute atomic E-state index is 12.4. The maximum Gasteiger partial charge on any atom is 0.278 e. The second-order valence-electron chi connectivity index (χ2n) is 2.85. The molecule has 3 nitrogen and oxygen atoms in total. The number of alkyl halides is 2. The third-order valence-electron chi connectivity index (χ3n) is 1.34. The standard InChI is InChI=1S/C9H8F2N2O/c1-9(10,11)6-14-8-3-2-7(4-12)13-5-8/h2-3,5H,6H2,1H3. The first-order chi connectivity index (χ1) is 6.51. The van der Waals surface area contributed by atoms with Crippen LogP contribution in [0.25, 0.3) is 0 Å². The van der Waals surface area contributed by atoms with Gasteiger partial charge in [-0.15, -0.1) is 0 Å². The molecule has 0 aliphatic rings. The molecule has 74 valence electrons. The lowest BCUT2D eigenvalue weighted by atomic mass is 10.3. The van der Waals surface area contributed by atoms with Crippen LogP contribution < -0.4 is 4.74 Å². The molecular formula is C9H8F2N2O. The van der Waals surface area contributed by atoms with E-state index >= 15 is 0 Å². The second kappa shape index (κ2) is 4.01. The van der Waals surface area contributed by atoms with E-state index in [1.807, 2.05) is 6.07 Å². The Morgan fingerprint density at radius 1 is 1.57 bits per heavy atom. The molecule has 0 aliphatic heterocycles. The van der Waals surface area contributed by atoms with Gasteiger partial charge in [-0.3, -0.25) is 0 Å². The summed E-state index contributed by atoms with van der Waals surface area (Å²) in [6.45, 7) is 0.0741. The van der Waals surface area contributed by atoms with E-state index in [9.17, 15) is 8.78 Å². The first-order valence-corrected chi connectivity index (χ1v) is 3.88. The van der Waals surface area contributed by atoms with Gasteiger partial charge in [0.15, 0.2) is 6.61 Å². The van der Waals surface area contributed by atoms with Crippen molar-refractivity contribution >= 4 is 0 Å². The molecule has 1 aromatic heterocycles. The molecule has 1 aromatic rings. The number of rotatable bonds is 3. The van der Waals surface area contributed by atoms with Crippen molar-refractivity contribution in [1.29, 1.82) is 5.26 Å². The van der Waals surface area contributed by atoms with Gasteiger partial charge in [-0.2, -0.15) is 5.26 Å². The smallest absolute Gasteiger partial charge is 0.278 e. The summed E-state index contributed by atoms with van der Waals surface area (Å²) in [5, 5.41) is 8.41. The van der Waals surface area contributed by atoms with Gasteiger partial charge in [-0.25, -0.2) is 13.8 Å². The lowest BCUT2D eigenvalue weighted by molar-refractivity contribution is -0.0230. The molecule has 14 heavy (non-hydrogen) atoms. The normalized spacial score (nSPS) is 10.7. The van der Waals surface area contributed by atoms with Crippen LogP contribution in [0.2, 0.25) is 0 Å². The molecule has 0 aliphatic carbocycles. The number of pyridine rings is 1. The van der Waals surface area contributed by atoms with E-state index in [4.69, 9.17) is 10.00 Å². The number of halogens is 2. The van der Waals surface area contributed by atoms with Crippen LogP contribution in [0.5, 0.6) is 5.75 Å². The third-order valence-corrected chi connectivity index (χ3v) is 1.34. The molecule has 0 unspecified atom stereocenters. The molecule has 0 saturated heterocycles. The van der Waals surface area contributed by atoms with Gasteiger partial charge in [0.25, 0.3) is 5.92 Å². The number of aromatic nitrogens is 1. The summed E-state index contributed by atoms with van der Waals surface area (Å²) < 4.78 is 29.5. The molecule has 0 aromatic carbocycles. The Hall–Kier alpha value is -1.70. The molecule has 5 heteroatoms. The lowest BCUT2D eigenvalue weighted by Crippen LogP contribution is -2.20. The lowest BCUT2D eigenvalue weighted by Gasteiger charge is -2.11. The number of ether oxygens (including phenoxy) is 1. The van der Waals surface area contributed by atoms with Crippen molar-refractivity contribution in [3.05, 3.63) is 24.0 Å². The zero-order chi connectivity index (χ0) is 10.6. The van der Waals surface area contributed by atoms with Gasteiger partial charge in [-0.1, -0.05) is 0 Å². The average Bonchev–Trinajstić information content (AvgIpc) is 2.14. The Bertz CT molecular complexity index is 337. The van der Waals surface area contributed by atoms with E-state index in [2.05, 4.69) is 4.98 Å². The largest absolute Gasteiger partial charge is 0.486 e. The first-order valence-electron chi connectivity index (χ1n) is 3.88. The van der Waals surface area contributed by atoms with E-state index in [0.29, 0.717) is 0 Å². The third kappa shape index (κ3) is 3.35. The van der Waals surface area contributed by atoms with Crippen LogP contribution in [-0.4, -0.2) is 17.5 Å². The van der Waals surface area contributed by atoms with E-state index in [0.717, 1.165) is 6.92 Å². The van der Waals surface area contributed by atoms with Gasteiger partial charge in [0.2, 0.25) is 0 Å². The zero-order valence-corrected chi connectivity index (χ0v) is 7.50. The van der Waals surface area contributed by atoms with Crippen molar-refractivity contribution in [2.24, 2.45) is 0 Å². The fourth-order valence-corrected chi connectivity index (χ4v) is 0.742. The number of hydrogen-bond acceptors (Lipinski definition) is 3. The second-order valence-corrected chi connectivity index (χ2v) is 2.85. The van der Waals surface area contributed by atoms with Crippen molar-refractivity contribution in [2.75, 3.05) is 6.61 Å². The molecule has 1 rings (SSSR count). The number of nitriles is 1. The van der Waals surface area contributed by atoms with Crippen molar-refractivity contribution in [3.8, 4) is 11.8 Å². The highest BCUT2D eigenvalue weighted by Crippen LogP contribution is 2.15. The maximum atomic E-state index is 12.4. The van der Waals surface area contributed by atoms with E-state index in [-0.39, 0.29) is 11.4 Å². The van der Waals surface area contributed by atoms with E-state index in [1.165, 1.54) is 18.3 Å². The van der Waals surface area contributed by atoms with Crippen molar-refractivity contribution in [3.63, 3.8) is 0 Å². The van der Waals surface area contributed by atoms with Gasteiger partial charge in [-0.05, 0) is 12.1 Å². The van der Waals surface area contributed by atoms with Crippen LogP contribution in [0.4, 0.5) is 8.78 Å². The molecule has 0 bridgehead atoms. The van der Waals surface area contributed by atoms with Crippen LogP contribution in [0.1, 0.15) is 12.6 Å². The fraction of sp³-hybridized carbons (Fsp3) is 0.333. The molecule has 0 amide bonds. The SMILES string of the molecule is CC(F)(F)COc1ccc(C#N)nc1. The minimum atomic E-state index is -2.87. The summed E-state index contributed by atoms with van der Waals surface area (Å²) in [4.78, 5) is 3.67. The molecule has 0 saturated carbocycles. The number of nitrogens with zero attached hydrogens (tertiary/aromatic N) is 2. The van der Waals surface area contributed by atoms with Gasteiger partial charge in [0.1, 0.15) is 17.5 Å². The predicted molar refractivity (Wildman–Crippen MR) is 45.1 cm³/mol. The highest BCUT2D eigenvalue weighted by atomic mass is 19.3. The first kappa shape index (κ1) is 10.4. The molecule has 0 radical (unpaired) electrons. The predicted octanol–water partition coefficient (Wildman–Crippen LogP) is 1.99.